The molecule has 1 aromatic rings. The van der Waals surface area contributed by atoms with Crippen molar-refractivity contribution in [3.05, 3.63) is 5.82 Å². The molecule has 0 bridgehead atoms. The summed E-state index contributed by atoms with van der Waals surface area (Å²) in [5.41, 5.74) is 0.0539. The predicted molar refractivity (Wildman–Crippen MR) is 72.8 cm³/mol. The first-order valence-electron chi connectivity index (χ1n) is 5.70. The van der Waals surface area contributed by atoms with Crippen LogP contribution in [-0.2, 0) is 5.41 Å². The van der Waals surface area contributed by atoms with E-state index >= 15 is 0 Å². The second kappa shape index (κ2) is 4.61. The molecule has 0 amide bonds. The lowest BCUT2D eigenvalue weighted by Crippen LogP contribution is -2.35. The van der Waals surface area contributed by atoms with Crippen molar-refractivity contribution in [1.29, 1.82) is 0 Å². The van der Waals surface area contributed by atoms with Crippen LogP contribution in [-0.4, -0.2) is 27.3 Å². The zero-order valence-electron chi connectivity index (χ0n) is 10.0. The molecule has 0 aromatic carbocycles. The molecule has 3 nitrogen and oxygen atoms in total. The minimum absolute atomic E-state index is 0.0539. The van der Waals surface area contributed by atoms with Crippen LogP contribution < -0.4 is 4.90 Å². The highest BCUT2D eigenvalue weighted by Crippen LogP contribution is 2.28. The fraction of sp³-hybridized carbons (Fsp3) is 0.818. The number of nitrogens with zero attached hydrogens (tertiary/aromatic N) is 3. The average molecular weight is 304 g/mol. The van der Waals surface area contributed by atoms with Crippen molar-refractivity contribution >= 4 is 32.6 Å². The lowest BCUT2D eigenvalue weighted by Gasteiger charge is -2.29. The van der Waals surface area contributed by atoms with Gasteiger partial charge in [-0.2, -0.15) is 4.37 Å². The molecule has 0 spiro atoms. The number of hydrogen-bond donors (Lipinski definition) is 0. The van der Waals surface area contributed by atoms with Gasteiger partial charge >= 0.3 is 0 Å². The number of anilines is 1. The first kappa shape index (κ1) is 12.3. The molecule has 1 atom stereocenters. The number of aromatic nitrogens is 2. The molecule has 1 aliphatic rings. The predicted octanol–water partition coefficient (Wildman–Crippen LogP) is 3.20. The van der Waals surface area contributed by atoms with Gasteiger partial charge < -0.3 is 4.90 Å². The van der Waals surface area contributed by atoms with E-state index in [1.165, 1.54) is 24.4 Å². The van der Waals surface area contributed by atoms with Gasteiger partial charge in [-0.05, 0) is 12.8 Å². The molecule has 2 heterocycles. The lowest BCUT2D eigenvalue weighted by molar-refractivity contribution is 0.550. The second-order valence-corrected chi connectivity index (χ2v) is 7.36. The van der Waals surface area contributed by atoms with Gasteiger partial charge in [-0.1, -0.05) is 36.7 Å². The van der Waals surface area contributed by atoms with Crippen molar-refractivity contribution in [3.63, 3.8) is 0 Å². The van der Waals surface area contributed by atoms with Gasteiger partial charge in [0.25, 0.3) is 0 Å². The van der Waals surface area contributed by atoms with Gasteiger partial charge in [0.2, 0.25) is 5.13 Å². The van der Waals surface area contributed by atoms with E-state index in [1.54, 1.807) is 0 Å². The van der Waals surface area contributed by atoms with Crippen LogP contribution in [0.25, 0.3) is 0 Å². The van der Waals surface area contributed by atoms with Crippen LogP contribution in [0.5, 0.6) is 0 Å². The Balaban J connectivity index is 2.12. The summed E-state index contributed by atoms with van der Waals surface area (Å²) in [4.78, 5) is 7.60. The summed E-state index contributed by atoms with van der Waals surface area (Å²) in [6.45, 7) is 8.63. The maximum atomic E-state index is 4.65. The van der Waals surface area contributed by atoms with Crippen LogP contribution >= 0.6 is 27.5 Å². The standard InChI is InChI=1S/C11H18BrN3S/c1-11(2,3)9-13-10(16-14-9)15-6-4-5-8(12)7-15/h8H,4-7H2,1-3H3. The highest BCUT2D eigenvalue weighted by atomic mass is 79.9. The van der Waals surface area contributed by atoms with Crippen LogP contribution in [0.15, 0.2) is 0 Å². The molecule has 90 valence electrons. The molecular weight excluding hydrogens is 286 g/mol. The molecule has 2 rings (SSSR count). The highest BCUT2D eigenvalue weighted by Gasteiger charge is 2.24. The Kier molecular flexibility index (Phi) is 3.54. The van der Waals surface area contributed by atoms with Crippen molar-refractivity contribution in [3.8, 4) is 0 Å². The Morgan fingerprint density at radius 1 is 1.44 bits per heavy atom. The van der Waals surface area contributed by atoms with E-state index in [1.807, 2.05) is 0 Å². The molecule has 5 heteroatoms. The normalized spacial score (nSPS) is 22.5. The van der Waals surface area contributed by atoms with E-state index in [-0.39, 0.29) is 5.41 Å². The molecule has 1 fully saturated rings. The summed E-state index contributed by atoms with van der Waals surface area (Å²) in [6.07, 6.45) is 2.50. The highest BCUT2D eigenvalue weighted by molar-refractivity contribution is 9.09. The van der Waals surface area contributed by atoms with Crippen LogP contribution in [0.4, 0.5) is 5.13 Å². The summed E-state index contributed by atoms with van der Waals surface area (Å²) in [5, 5.41) is 1.08. The zero-order valence-corrected chi connectivity index (χ0v) is 12.4. The van der Waals surface area contributed by atoms with E-state index in [0.717, 1.165) is 24.0 Å². The van der Waals surface area contributed by atoms with E-state index < -0.39 is 0 Å². The van der Waals surface area contributed by atoms with E-state index in [9.17, 15) is 0 Å². The molecule has 16 heavy (non-hydrogen) atoms. The fourth-order valence-corrected chi connectivity index (χ4v) is 3.31. The van der Waals surface area contributed by atoms with Crippen LogP contribution in [0, 0.1) is 0 Å². The molecule has 1 saturated heterocycles. The van der Waals surface area contributed by atoms with Gasteiger partial charge in [0.1, 0.15) is 5.82 Å². The van der Waals surface area contributed by atoms with E-state index in [0.29, 0.717) is 4.83 Å². The fourth-order valence-electron chi connectivity index (χ4n) is 1.75. The third-order valence-electron chi connectivity index (χ3n) is 2.72. The molecular formula is C11H18BrN3S. The second-order valence-electron chi connectivity index (χ2n) is 5.34. The Morgan fingerprint density at radius 3 is 2.75 bits per heavy atom. The molecule has 1 aromatic heterocycles. The number of alkyl halides is 1. The largest absolute Gasteiger partial charge is 0.346 e. The number of halogens is 1. The smallest absolute Gasteiger partial charge is 0.205 e. The summed E-state index contributed by atoms with van der Waals surface area (Å²) < 4.78 is 4.46. The maximum Gasteiger partial charge on any atom is 0.205 e. The molecule has 1 aliphatic heterocycles. The summed E-state index contributed by atoms with van der Waals surface area (Å²) in [7, 11) is 0. The maximum absolute atomic E-state index is 4.65. The van der Waals surface area contributed by atoms with Gasteiger partial charge in [0.05, 0.1) is 0 Å². The van der Waals surface area contributed by atoms with Crippen molar-refractivity contribution in [1.82, 2.24) is 9.36 Å². The Hall–Kier alpha value is -0.160. The van der Waals surface area contributed by atoms with Gasteiger partial charge in [-0.25, -0.2) is 4.98 Å². The molecule has 0 saturated carbocycles. The van der Waals surface area contributed by atoms with Crippen molar-refractivity contribution in [2.24, 2.45) is 0 Å². The molecule has 0 radical (unpaired) electrons. The Labute approximate surface area is 110 Å². The first-order valence-corrected chi connectivity index (χ1v) is 7.39. The Bertz CT molecular complexity index is 358. The number of rotatable bonds is 1. The minimum Gasteiger partial charge on any atom is -0.346 e. The lowest BCUT2D eigenvalue weighted by atomic mass is 9.96. The summed E-state index contributed by atoms with van der Waals surface area (Å²) in [6, 6.07) is 0. The minimum atomic E-state index is 0.0539. The van der Waals surface area contributed by atoms with Gasteiger partial charge in [-0.15, -0.1) is 0 Å². The monoisotopic (exact) mass is 303 g/mol. The zero-order chi connectivity index (χ0) is 11.8. The average Bonchev–Trinajstić information content (AvgIpc) is 2.65. The third-order valence-corrected chi connectivity index (χ3v) is 4.24. The topological polar surface area (TPSA) is 29.0 Å². The van der Waals surface area contributed by atoms with Crippen molar-refractivity contribution in [2.75, 3.05) is 18.0 Å². The number of piperidine rings is 1. The van der Waals surface area contributed by atoms with Crippen molar-refractivity contribution < 1.29 is 0 Å². The van der Waals surface area contributed by atoms with Crippen LogP contribution in [0.1, 0.15) is 39.4 Å². The van der Waals surface area contributed by atoms with Crippen LogP contribution in [0.3, 0.4) is 0 Å². The van der Waals surface area contributed by atoms with Crippen LogP contribution in [0.2, 0.25) is 0 Å². The number of hydrogen-bond acceptors (Lipinski definition) is 4. The Morgan fingerprint density at radius 2 is 2.19 bits per heavy atom. The van der Waals surface area contributed by atoms with Gasteiger partial charge in [0, 0.05) is 34.9 Å². The molecule has 0 N–H and O–H groups in total. The summed E-state index contributed by atoms with van der Waals surface area (Å²) >= 11 is 5.22. The van der Waals surface area contributed by atoms with Crippen molar-refractivity contribution in [2.45, 2.75) is 43.9 Å². The third kappa shape index (κ3) is 2.74. The SMILES string of the molecule is CC(C)(C)c1nsc(N2CCCC(Br)C2)n1. The summed E-state index contributed by atoms with van der Waals surface area (Å²) in [5.74, 6) is 0.962. The van der Waals surface area contributed by atoms with Gasteiger partial charge in [-0.3, -0.25) is 0 Å². The quantitative estimate of drug-likeness (QED) is 0.746. The molecule has 1 unspecified atom stereocenters. The first-order chi connectivity index (χ1) is 7.47. The van der Waals surface area contributed by atoms with Gasteiger partial charge in [0.15, 0.2) is 0 Å². The van der Waals surface area contributed by atoms with E-state index in [2.05, 4.69) is 51.0 Å². The molecule has 0 aliphatic carbocycles. The van der Waals surface area contributed by atoms with E-state index in [4.69, 9.17) is 0 Å².